The number of amides is 1. The molecule has 1 aliphatic heterocycles. The molecule has 0 unspecified atom stereocenters. The van der Waals surface area contributed by atoms with Crippen molar-refractivity contribution in [2.45, 2.75) is 0 Å². The third-order valence-corrected chi connectivity index (χ3v) is 4.75. The number of nitrogens with zero attached hydrogens (tertiary/aromatic N) is 2. The van der Waals surface area contributed by atoms with Crippen LogP contribution in [0.5, 0.6) is 0 Å². The number of benzene rings is 2. The molecular weight excluding hydrogens is 359 g/mol. The van der Waals surface area contributed by atoms with Gasteiger partial charge in [0.1, 0.15) is 5.82 Å². The molecule has 1 saturated heterocycles. The molecule has 0 atom stereocenters. The summed E-state index contributed by atoms with van der Waals surface area (Å²) in [6.07, 6.45) is 2.97. The zero-order valence-electron chi connectivity index (χ0n) is 15.3. The largest absolute Gasteiger partial charge is 0.397 e. The Morgan fingerprint density at radius 3 is 2.43 bits per heavy atom. The van der Waals surface area contributed by atoms with Gasteiger partial charge < -0.3 is 25.3 Å². The number of hydrogen-bond acceptors (Lipinski definition) is 4. The van der Waals surface area contributed by atoms with Crippen LogP contribution < -0.4 is 16.0 Å². The summed E-state index contributed by atoms with van der Waals surface area (Å²) >= 11 is 0. The van der Waals surface area contributed by atoms with Gasteiger partial charge in [-0.1, -0.05) is 0 Å². The van der Waals surface area contributed by atoms with Crippen molar-refractivity contribution in [3.63, 3.8) is 0 Å². The van der Waals surface area contributed by atoms with E-state index >= 15 is 0 Å². The topological polar surface area (TPSA) is 72.5 Å². The number of ether oxygens (including phenoxy) is 1. The molecule has 6 nitrogen and oxygen atoms in total. The summed E-state index contributed by atoms with van der Waals surface area (Å²) in [4.78, 5) is 14.9. The van der Waals surface area contributed by atoms with E-state index in [0.717, 1.165) is 18.8 Å². The molecule has 3 aromatic rings. The van der Waals surface area contributed by atoms with Gasteiger partial charge >= 0.3 is 0 Å². The van der Waals surface area contributed by atoms with E-state index in [-0.39, 0.29) is 11.7 Å². The number of halogens is 1. The monoisotopic (exact) mass is 380 g/mol. The van der Waals surface area contributed by atoms with Crippen LogP contribution in [0.1, 0.15) is 10.4 Å². The molecule has 0 saturated carbocycles. The first kappa shape index (κ1) is 18.1. The Bertz CT molecular complexity index is 978. The number of nitrogens with two attached hydrogens (primary N) is 1. The summed E-state index contributed by atoms with van der Waals surface area (Å²) < 4.78 is 20.3. The van der Waals surface area contributed by atoms with Crippen molar-refractivity contribution in [2.75, 3.05) is 42.3 Å². The first-order valence-corrected chi connectivity index (χ1v) is 9.08. The van der Waals surface area contributed by atoms with E-state index in [0.29, 0.717) is 35.8 Å². The minimum atomic E-state index is -0.331. The summed E-state index contributed by atoms with van der Waals surface area (Å²) in [5.41, 5.74) is 9.23. The number of carbonyl (C=O) groups is 1. The molecule has 1 fully saturated rings. The fraction of sp³-hybridized carbons (Fsp3) is 0.190. The average molecular weight is 380 g/mol. The van der Waals surface area contributed by atoms with E-state index < -0.39 is 0 Å². The van der Waals surface area contributed by atoms with Crippen LogP contribution in [0.2, 0.25) is 0 Å². The highest BCUT2D eigenvalue weighted by Crippen LogP contribution is 2.24. The lowest BCUT2D eigenvalue weighted by Crippen LogP contribution is -2.36. The quantitative estimate of drug-likeness (QED) is 0.682. The Labute approximate surface area is 162 Å². The summed E-state index contributed by atoms with van der Waals surface area (Å²) in [5, 5.41) is 2.84. The minimum Gasteiger partial charge on any atom is -0.397 e. The van der Waals surface area contributed by atoms with Crippen LogP contribution in [0.25, 0.3) is 5.69 Å². The Morgan fingerprint density at radius 1 is 1.04 bits per heavy atom. The van der Waals surface area contributed by atoms with E-state index in [1.165, 1.54) is 12.3 Å². The molecule has 0 radical (unpaired) electrons. The molecule has 28 heavy (non-hydrogen) atoms. The number of aromatic nitrogens is 1. The van der Waals surface area contributed by atoms with Gasteiger partial charge in [0.05, 0.1) is 24.6 Å². The predicted octanol–water partition coefficient (Wildman–Crippen LogP) is 3.29. The maximum absolute atomic E-state index is 13.3. The minimum absolute atomic E-state index is 0.254. The van der Waals surface area contributed by atoms with Crippen LogP contribution in [0, 0.1) is 5.82 Å². The molecule has 1 amide bonds. The summed E-state index contributed by atoms with van der Waals surface area (Å²) in [5.74, 6) is -0.584. The van der Waals surface area contributed by atoms with Crippen LogP contribution in [-0.4, -0.2) is 36.8 Å². The predicted molar refractivity (Wildman–Crippen MR) is 108 cm³/mol. The van der Waals surface area contributed by atoms with Crippen LogP contribution in [0.4, 0.5) is 21.5 Å². The number of hydrogen-bond donors (Lipinski definition) is 2. The van der Waals surface area contributed by atoms with Gasteiger partial charge in [0.15, 0.2) is 0 Å². The molecule has 2 heterocycles. The van der Waals surface area contributed by atoms with Crippen molar-refractivity contribution >= 4 is 23.0 Å². The first-order valence-electron chi connectivity index (χ1n) is 9.08. The zero-order chi connectivity index (χ0) is 19.5. The van der Waals surface area contributed by atoms with Gasteiger partial charge in [0.2, 0.25) is 0 Å². The smallest absolute Gasteiger partial charge is 0.255 e. The maximum Gasteiger partial charge on any atom is 0.255 e. The van der Waals surface area contributed by atoms with Crippen molar-refractivity contribution < 1.29 is 13.9 Å². The zero-order valence-corrected chi connectivity index (χ0v) is 15.3. The summed E-state index contributed by atoms with van der Waals surface area (Å²) in [7, 11) is 0. The van der Waals surface area contributed by atoms with Gasteiger partial charge in [0.25, 0.3) is 5.91 Å². The normalized spacial score (nSPS) is 14.1. The first-order chi connectivity index (χ1) is 13.6. The number of morpholine rings is 1. The standard InChI is InChI=1S/C21H21FN4O2/c22-16-7-8-26(14-16)18-5-6-19(23)20(13-18)24-21(27)15-1-3-17(4-2-15)25-9-11-28-12-10-25/h1-8,13-14H,9-12,23H2,(H,24,27). The van der Waals surface area contributed by atoms with Crippen molar-refractivity contribution in [2.24, 2.45) is 0 Å². The molecule has 7 heteroatoms. The highest BCUT2D eigenvalue weighted by molar-refractivity contribution is 6.06. The van der Waals surface area contributed by atoms with E-state index in [4.69, 9.17) is 10.5 Å². The number of nitrogens with one attached hydrogen (secondary N) is 1. The lowest BCUT2D eigenvalue weighted by molar-refractivity contribution is 0.102. The molecule has 0 spiro atoms. The Balaban J connectivity index is 1.50. The molecule has 1 aromatic heterocycles. The average Bonchev–Trinajstić information content (AvgIpc) is 3.17. The summed E-state index contributed by atoms with van der Waals surface area (Å²) in [6, 6.07) is 14.0. The van der Waals surface area contributed by atoms with Crippen molar-refractivity contribution in [1.82, 2.24) is 4.57 Å². The molecule has 144 valence electrons. The molecule has 0 bridgehead atoms. The molecule has 3 N–H and O–H groups in total. The third kappa shape index (κ3) is 3.84. The van der Waals surface area contributed by atoms with Crippen LogP contribution >= 0.6 is 0 Å². The number of anilines is 3. The van der Waals surface area contributed by atoms with Gasteiger partial charge in [-0.25, -0.2) is 4.39 Å². The SMILES string of the molecule is Nc1ccc(-n2ccc(F)c2)cc1NC(=O)c1ccc(N2CCOCC2)cc1. The second kappa shape index (κ2) is 7.74. The fourth-order valence-corrected chi connectivity index (χ4v) is 3.18. The second-order valence-electron chi connectivity index (χ2n) is 6.61. The fourth-order valence-electron chi connectivity index (χ4n) is 3.18. The van der Waals surface area contributed by atoms with Gasteiger partial charge in [-0.05, 0) is 48.5 Å². The van der Waals surface area contributed by atoms with E-state index in [9.17, 15) is 9.18 Å². The molecular formula is C21H21FN4O2. The Hall–Kier alpha value is -3.32. The highest BCUT2D eigenvalue weighted by atomic mass is 19.1. The van der Waals surface area contributed by atoms with Crippen LogP contribution in [0.3, 0.4) is 0 Å². The van der Waals surface area contributed by atoms with Gasteiger partial charge in [-0.15, -0.1) is 0 Å². The molecule has 0 aliphatic carbocycles. The number of rotatable bonds is 4. The number of carbonyl (C=O) groups excluding carboxylic acids is 1. The van der Waals surface area contributed by atoms with E-state index in [1.54, 1.807) is 41.1 Å². The van der Waals surface area contributed by atoms with E-state index in [1.807, 2.05) is 12.1 Å². The molecule has 1 aliphatic rings. The van der Waals surface area contributed by atoms with Gasteiger partial charge in [-0.2, -0.15) is 0 Å². The molecule has 4 rings (SSSR count). The van der Waals surface area contributed by atoms with Gasteiger partial charge in [0, 0.05) is 42.4 Å². The lowest BCUT2D eigenvalue weighted by atomic mass is 10.1. The van der Waals surface area contributed by atoms with Crippen molar-refractivity contribution in [3.8, 4) is 5.69 Å². The third-order valence-electron chi connectivity index (χ3n) is 4.75. The number of nitrogen functional groups attached to an aromatic ring is 1. The van der Waals surface area contributed by atoms with Gasteiger partial charge in [-0.3, -0.25) is 4.79 Å². The Morgan fingerprint density at radius 2 is 1.75 bits per heavy atom. The Kier molecular flexibility index (Phi) is 4.99. The second-order valence-corrected chi connectivity index (χ2v) is 6.61. The maximum atomic E-state index is 13.3. The van der Waals surface area contributed by atoms with Crippen molar-refractivity contribution in [3.05, 3.63) is 72.3 Å². The molecule has 2 aromatic carbocycles. The van der Waals surface area contributed by atoms with Crippen molar-refractivity contribution in [1.29, 1.82) is 0 Å². The lowest BCUT2D eigenvalue weighted by Gasteiger charge is -2.28. The van der Waals surface area contributed by atoms with Crippen LogP contribution in [0.15, 0.2) is 60.9 Å². The summed E-state index contributed by atoms with van der Waals surface area (Å²) in [6.45, 7) is 3.11. The highest BCUT2D eigenvalue weighted by Gasteiger charge is 2.13. The van der Waals surface area contributed by atoms with E-state index in [2.05, 4.69) is 10.2 Å². The van der Waals surface area contributed by atoms with Crippen LogP contribution in [-0.2, 0) is 4.74 Å².